The van der Waals surface area contributed by atoms with E-state index in [4.69, 9.17) is 16.3 Å². The Kier molecular flexibility index (Phi) is 7.25. The standard InChI is InChI=1S/C18H25ClN2O5S/c1-12(2)13(3)20-17(22)11-26-18(23)14-6-7-15(19)16(10-14)27(24,25)21-8-4-5-9-21/h6-7,10,12-13H,4-5,8-9,11H2,1-3H3,(H,20,22)/t13-/m0/s1. The van der Waals surface area contributed by atoms with Gasteiger partial charge < -0.3 is 10.1 Å². The maximum absolute atomic E-state index is 12.7. The SMILES string of the molecule is CC(C)[C@H](C)NC(=O)COC(=O)c1ccc(Cl)c(S(=O)(=O)N2CCCC2)c1. The predicted molar refractivity (Wildman–Crippen MR) is 102 cm³/mol. The molecule has 0 bridgehead atoms. The molecule has 1 N–H and O–H groups in total. The van der Waals surface area contributed by atoms with Gasteiger partial charge in [0.25, 0.3) is 5.91 Å². The van der Waals surface area contributed by atoms with Gasteiger partial charge >= 0.3 is 5.97 Å². The highest BCUT2D eigenvalue weighted by molar-refractivity contribution is 7.89. The van der Waals surface area contributed by atoms with Crippen LogP contribution >= 0.6 is 11.6 Å². The summed E-state index contributed by atoms with van der Waals surface area (Å²) in [5.41, 5.74) is 0.0295. The number of sulfonamides is 1. The summed E-state index contributed by atoms with van der Waals surface area (Å²) in [7, 11) is -3.77. The van der Waals surface area contributed by atoms with Crippen LogP contribution in [0.3, 0.4) is 0 Å². The van der Waals surface area contributed by atoms with E-state index in [-0.39, 0.29) is 27.4 Å². The van der Waals surface area contributed by atoms with Crippen LogP contribution in [0, 0.1) is 5.92 Å². The third-order valence-corrected chi connectivity index (χ3v) is 6.95. The average Bonchev–Trinajstić information content (AvgIpc) is 3.15. The minimum Gasteiger partial charge on any atom is -0.452 e. The second-order valence-corrected chi connectivity index (χ2v) is 9.25. The first-order chi connectivity index (χ1) is 12.6. The number of hydrogen-bond donors (Lipinski definition) is 1. The third-order valence-electron chi connectivity index (χ3n) is 4.57. The number of ether oxygens (including phenoxy) is 1. The molecule has 0 unspecified atom stereocenters. The molecule has 1 atom stereocenters. The Morgan fingerprint density at radius 2 is 1.85 bits per heavy atom. The van der Waals surface area contributed by atoms with Crippen LogP contribution in [-0.2, 0) is 19.6 Å². The van der Waals surface area contributed by atoms with Crippen molar-refractivity contribution in [1.29, 1.82) is 0 Å². The van der Waals surface area contributed by atoms with Gasteiger partial charge in [0.2, 0.25) is 10.0 Å². The molecule has 0 spiro atoms. The molecule has 1 heterocycles. The Balaban J connectivity index is 2.08. The highest BCUT2D eigenvalue weighted by Gasteiger charge is 2.30. The zero-order valence-corrected chi connectivity index (χ0v) is 17.3. The Morgan fingerprint density at radius 1 is 1.22 bits per heavy atom. The van der Waals surface area contributed by atoms with Gasteiger partial charge in [-0.05, 0) is 43.9 Å². The van der Waals surface area contributed by atoms with Gasteiger partial charge in [0, 0.05) is 19.1 Å². The Labute approximate surface area is 165 Å². The van der Waals surface area contributed by atoms with Gasteiger partial charge in [-0.1, -0.05) is 25.4 Å². The van der Waals surface area contributed by atoms with Crippen LogP contribution in [-0.4, -0.2) is 50.3 Å². The number of benzene rings is 1. The van der Waals surface area contributed by atoms with E-state index in [2.05, 4.69) is 5.32 Å². The highest BCUT2D eigenvalue weighted by atomic mass is 35.5. The van der Waals surface area contributed by atoms with Crippen LogP contribution in [0.2, 0.25) is 5.02 Å². The summed E-state index contributed by atoms with van der Waals surface area (Å²) in [4.78, 5) is 23.9. The largest absolute Gasteiger partial charge is 0.452 e. The molecule has 9 heteroatoms. The zero-order valence-electron chi connectivity index (χ0n) is 15.7. The van der Waals surface area contributed by atoms with E-state index in [1.54, 1.807) is 0 Å². The molecule has 1 aliphatic heterocycles. The van der Waals surface area contributed by atoms with Crippen molar-refractivity contribution in [3.63, 3.8) is 0 Å². The van der Waals surface area contributed by atoms with Gasteiger partial charge in [-0.15, -0.1) is 0 Å². The van der Waals surface area contributed by atoms with Gasteiger partial charge in [0.05, 0.1) is 10.6 Å². The first kappa shape index (κ1) is 21.7. The van der Waals surface area contributed by atoms with Crippen molar-refractivity contribution in [2.45, 2.75) is 44.6 Å². The first-order valence-electron chi connectivity index (χ1n) is 8.89. The van der Waals surface area contributed by atoms with Gasteiger partial charge in [-0.2, -0.15) is 4.31 Å². The van der Waals surface area contributed by atoms with E-state index in [1.165, 1.54) is 22.5 Å². The summed E-state index contributed by atoms with van der Waals surface area (Å²) < 4.78 is 31.8. The topological polar surface area (TPSA) is 92.8 Å². The van der Waals surface area contributed by atoms with Crippen LogP contribution in [0.15, 0.2) is 23.1 Å². The molecule has 0 saturated carbocycles. The molecule has 1 saturated heterocycles. The van der Waals surface area contributed by atoms with E-state index in [0.29, 0.717) is 13.1 Å². The summed E-state index contributed by atoms with van der Waals surface area (Å²) in [6.45, 7) is 6.22. The molecular formula is C18H25ClN2O5S. The summed E-state index contributed by atoms with van der Waals surface area (Å²) >= 11 is 6.06. The molecule has 2 rings (SSSR count). The summed E-state index contributed by atoms with van der Waals surface area (Å²) in [6, 6.07) is 3.88. The van der Waals surface area contributed by atoms with Crippen molar-refractivity contribution >= 4 is 33.5 Å². The molecule has 7 nitrogen and oxygen atoms in total. The molecular weight excluding hydrogens is 392 g/mol. The van der Waals surface area contributed by atoms with Crippen LogP contribution in [0.1, 0.15) is 44.0 Å². The predicted octanol–water partition coefficient (Wildman–Crippen LogP) is 2.44. The minimum atomic E-state index is -3.77. The lowest BCUT2D eigenvalue weighted by Crippen LogP contribution is -2.38. The zero-order chi connectivity index (χ0) is 20.2. The summed E-state index contributed by atoms with van der Waals surface area (Å²) in [5, 5.41) is 2.77. The van der Waals surface area contributed by atoms with E-state index in [0.717, 1.165) is 12.8 Å². The van der Waals surface area contributed by atoms with Crippen molar-refractivity contribution in [1.82, 2.24) is 9.62 Å². The molecule has 1 aromatic rings. The Bertz CT molecular complexity index is 804. The minimum absolute atomic E-state index is 0.0295. The number of hydrogen-bond acceptors (Lipinski definition) is 5. The molecule has 1 aromatic carbocycles. The van der Waals surface area contributed by atoms with Gasteiger partial charge in [0.1, 0.15) is 4.90 Å². The van der Waals surface area contributed by atoms with Crippen LogP contribution in [0.5, 0.6) is 0 Å². The van der Waals surface area contributed by atoms with Crippen molar-refractivity contribution in [2.24, 2.45) is 5.92 Å². The molecule has 0 radical (unpaired) electrons. The average molecular weight is 417 g/mol. The van der Waals surface area contributed by atoms with E-state index < -0.39 is 28.5 Å². The lowest BCUT2D eigenvalue weighted by atomic mass is 10.1. The monoisotopic (exact) mass is 416 g/mol. The number of amides is 1. The fourth-order valence-corrected chi connectivity index (χ4v) is 4.59. The molecule has 27 heavy (non-hydrogen) atoms. The van der Waals surface area contributed by atoms with Gasteiger partial charge in [0.15, 0.2) is 6.61 Å². The number of carbonyl (C=O) groups excluding carboxylic acids is 2. The van der Waals surface area contributed by atoms with Gasteiger partial charge in [-0.3, -0.25) is 4.79 Å². The van der Waals surface area contributed by atoms with Crippen LogP contribution in [0.4, 0.5) is 0 Å². The van der Waals surface area contributed by atoms with Crippen molar-refractivity contribution in [3.05, 3.63) is 28.8 Å². The quantitative estimate of drug-likeness (QED) is 0.689. The van der Waals surface area contributed by atoms with Crippen LogP contribution < -0.4 is 5.32 Å². The number of carbonyl (C=O) groups is 2. The van der Waals surface area contributed by atoms with E-state index in [1.807, 2.05) is 20.8 Å². The van der Waals surface area contributed by atoms with Gasteiger partial charge in [-0.25, -0.2) is 13.2 Å². The summed E-state index contributed by atoms with van der Waals surface area (Å²) in [6.07, 6.45) is 1.59. The number of esters is 1. The van der Waals surface area contributed by atoms with Crippen molar-refractivity contribution in [3.8, 4) is 0 Å². The van der Waals surface area contributed by atoms with Crippen LogP contribution in [0.25, 0.3) is 0 Å². The fraction of sp³-hybridized carbons (Fsp3) is 0.556. The van der Waals surface area contributed by atoms with E-state index in [9.17, 15) is 18.0 Å². The molecule has 0 aromatic heterocycles. The Hall–Kier alpha value is -1.64. The number of rotatable bonds is 7. The molecule has 1 fully saturated rings. The Morgan fingerprint density at radius 3 is 2.44 bits per heavy atom. The smallest absolute Gasteiger partial charge is 0.338 e. The van der Waals surface area contributed by atoms with E-state index >= 15 is 0 Å². The second-order valence-electron chi connectivity index (χ2n) is 6.93. The molecule has 0 aliphatic carbocycles. The molecule has 150 valence electrons. The van der Waals surface area contributed by atoms with Crippen molar-refractivity contribution < 1.29 is 22.7 Å². The fourth-order valence-electron chi connectivity index (χ4n) is 2.57. The third kappa shape index (κ3) is 5.43. The number of halogens is 1. The van der Waals surface area contributed by atoms with Crippen molar-refractivity contribution in [2.75, 3.05) is 19.7 Å². The molecule has 1 aliphatic rings. The second kappa shape index (κ2) is 9.03. The molecule has 1 amide bonds. The lowest BCUT2D eigenvalue weighted by Gasteiger charge is -2.18. The normalized spacial score (nSPS) is 16.3. The lowest BCUT2D eigenvalue weighted by molar-refractivity contribution is -0.125. The first-order valence-corrected chi connectivity index (χ1v) is 10.7. The number of nitrogens with one attached hydrogen (secondary N) is 1. The number of nitrogens with zero attached hydrogens (tertiary/aromatic N) is 1. The highest BCUT2D eigenvalue weighted by Crippen LogP contribution is 2.28. The maximum atomic E-state index is 12.7. The summed E-state index contributed by atoms with van der Waals surface area (Å²) in [5.74, 6) is -0.945. The maximum Gasteiger partial charge on any atom is 0.338 e.